The second-order valence-corrected chi connectivity index (χ2v) is 4.86. The highest BCUT2D eigenvalue weighted by molar-refractivity contribution is 6.33. The molecule has 3 N–H and O–H groups in total. The van der Waals surface area contributed by atoms with Gasteiger partial charge >= 0.3 is 0 Å². The third kappa shape index (κ3) is 2.11. The van der Waals surface area contributed by atoms with E-state index in [4.69, 9.17) is 17.3 Å². The molecule has 1 aliphatic heterocycles. The predicted molar refractivity (Wildman–Crippen MR) is 67.9 cm³/mol. The average Bonchev–Trinajstić information content (AvgIpc) is 2.26. The molecule has 1 saturated heterocycles. The van der Waals surface area contributed by atoms with Crippen molar-refractivity contribution in [3.05, 3.63) is 23.2 Å². The molecule has 0 aliphatic carbocycles. The van der Waals surface area contributed by atoms with Gasteiger partial charge in [-0.1, -0.05) is 24.6 Å². The average molecular weight is 241 g/mol. The quantitative estimate of drug-likeness (QED) is 0.740. The fourth-order valence-electron chi connectivity index (χ4n) is 2.07. The fourth-order valence-corrected chi connectivity index (χ4v) is 2.24. The maximum Gasteiger partial charge on any atom is 0.0741 e. The van der Waals surface area contributed by atoms with Crippen LogP contribution in [0.1, 0.15) is 13.3 Å². The summed E-state index contributed by atoms with van der Waals surface area (Å²) in [5, 5.41) is 10.4. The first kappa shape index (κ1) is 11.6. The fraction of sp³-hybridized carbons (Fsp3) is 0.500. The van der Waals surface area contributed by atoms with Crippen LogP contribution >= 0.6 is 11.6 Å². The van der Waals surface area contributed by atoms with E-state index in [-0.39, 0.29) is 6.10 Å². The zero-order valence-corrected chi connectivity index (χ0v) is 10.1. The van der Waals surface area contributed by atoms with Gasteiger partial charge in [-0.2, -0.15) is 0 Å². The van der Waals surface area contributed by atoms with Gasteiger partial charge in [-0.15, -0.1) is 0 Å². The molecule has 1 aromatic rings. The number of nitrogens with zero attached hydrogens (tertiary/aromatic N) is 1. The highest BCUT2D eigenvalue weighted by Gasteiger charge is 2.25. The minimum absolute atomic E-state index is 0.285. The Hall–Kier alpha value is -0.930. The SMILES string of the molecule is CC1CCN(c2cccc(Cl)c2N)CC1O. The molecule has 1 heterocycles. The van der Waals surface area contributed by atoms with Gasteiger partial charge in [-0.25, -0.2) is 0 Å². The minimum atomic E-state index is -0.285. The number of nitrogen functional groups attached to an aromatic ring is 1. The first-order valence-corrected chi connectivity index (χ1v) is 5.94. The third-order valence-corrected chi connectivity index (χ3v) is 3.62. The maximum atomic E-state index is 9.85. The number of aliphatic hydroxyl groups is 1. The third-order valence-electron chi connectivity index (χ3n) is 3.29. The molecule has 1 fully saturated rings. The van der Waals surface area contributed by atoms with Gasteiger partial charge in [0.15, 0.2) is 0 Å². The summed E-state index contributed by atoms with van der Waals surface area (Å²) in [6.07, 6.45) is 0.694. The molecule has 1 aromatic carbocycles. The summed E-state index contributed by atoms with van der Waals surface area (Å²) in [4.78, 5) is 2.10. The number of piperidine rings is 1. The number of anilines is 2. The van der Waals surface area contributed by atoms with Crippen LogP contribution in [0.15, 0.2) is 18.2 Å². The molecule has 1 aliphatic rings. The Labute approximate surface area is 101 Å². The first-order chi connectivity index (χ1) is 7.59. The van der Waals surface area contributed by atoms with Gasteiger partial charge in [0, 0.05) is 13.1 Å². The molecule has 0 radical (unpaired) electrons. The van der Waals surface area contributed by atoms with Gasteiger partial charge in [0.1, 0.15) is 0 Å². The zero-order valence-electron chi connectivity index (χ0n) is 9.36. The smallest absolute Gasteiger partial charge is 0.0741 e. The number of halogens is 1. The lowest BCUT2D eigenvalue weighted by Crippen LogP contribution is -2.43. The highest BCUT2D eigenvalue weighted by atomic mass is 35.5. The van der Waals surface area contributed by atoms with E-state index in [1.54, 1.807) is 6.07 Å². The van der Waals surface area contributed by atoms with Gasteiger partial charge < -0.3 is 15.7 Å². The Bertz CT molecular complexity index is 383. The van der Waals surface area contributed by atoms with Crippen molar-refractivity contribution in [1.82, 2.24) is 0 Å². The van der Waals surface area contributed by atoms with E-state index < -0.39 is 0 Å². The summed E-state index contributed by atoms with van der Waals surface area (Å²) in [6, 6.07) is 5.62. The molecule has 88 valence electrons. The van der Waals surface area contributed by atoms with Crippen LogP contribution in [0, 0.1) is 5.92 Å². The van der Waals surface area contributed by atoms with Crippen molar-refractivity contribution < 1.29 is 5.11 Å². The van der Waals surface area contributed by atoms with Crippen LogP contribution in [0.5, 0.6) is 0 Å². The molecule has 2 atom stereocenters. The van der Waals surface area contributed by atoms with Gasteiger partial charge in [0.2, 0.25) is 0 Å². The van der Waals surface area contributed by atoms with E-state index in [1.165, 1.54) is 0 Å². The van der Waals surface area contributed by atoms with Crippen LogP contribution in [0.25, 0.3) is 0 Å². The van der Waals surface area contributed by atoms with Crippen LogP contribution in [0.4, 0.5) is 11.4 Å². The molecule has 0 spiro atoms. The van der Waals surface area contributed by atoms with Crippen molar-refractivity contribution in [2.75, 3.05) is 23.7 Å². The summed E-state index contributed by atoms with van der Waals surface area (Å²) in [5.41, 5.74) is 7.47. The van der Waals surface area contributed by atoms with E-state index in [2.05, 4.69) is 11.8 Å². The van der Waals surface area contributed by atoms with Crippen molar-refractivity contribution in [2.24, 2.45) is 5.92 Å². The number of β-amino-alcohol motifs (C(OH)–C–C–N with tert-alkyl or cyclic N) is 1. The number of rotatable bonds is 1. The number of nitrogens with two attached hydrogens (primary N) is 1. The summed E-state index contributed by atoms with van der Waals surface area (Å²) in [5.74, 6) is 0.358. The lowest BCUT2D eigenvalue weighted by molar-refractivity contribution is 0.103. The molecule has 4 heteroatoms. The predicted octanol–water partition coefficient (Wildman–Crippen LogP) is 2.13. The molecule has 0 bridgehead atoms. The van der Waals surface area contributed by atoms with Crippen molar-refractivity contribution in [3.63, 3.8) is 0 Å². The van der Waals surface area contributed by atoms with E-state index in [0.717, 1.165) is 18.7 Å². The lowest BCUT2D eigenvalue weighted by Gasteiger charge is -2.36. The van der Waals surface area contributed by atoms with Gasteiger partial charge in [0.25, 0.3) is 0 Å². The van der Waals surface area contributed by atoms with E-state index in [9.17, 15) is 5.11 Å². The molecule has 2 rings (SSSR count). The largest absolute Gasteiger partial charge is 0.396 e. The van der Waals surface area contributed by atoms with Gasteiger partial charge in [0.05, 0.1) is 22.5 Å². The summed E-state index contributed by atoms with van der Waals surface area (Å²) >= 11 is 5.98. The normalized spacial score (nSPS) is 25.8. The number of benzene rings is 1. The molecule has 16 heavy (non-hydrogen) atoms. The van der Waals surface area contributed by atoms with Crippen LogP contribution < -0.4 is 10.6 Å². The number of aliphatic hydroxyl groups excluding tert-OH is 1. The lowest BCUT2D eigenvalue weighted by atomic mass is 9.95. The van der Waals surface area contributed by atoms with Gasteiger partial charge in [-0.05, 0) is 24.5 Å². The monoisotopic (exact) mass is 240 g/mol. The number of hydrogen-bond acceptors (Lipinski definition) is 3. The molecular formula is C12H17ClN2O. The maximum absolute atomic E-state index is 9.85. The van der Waals surface area contributed by atoms with Crippen LogP contribution in [0.2, 0.25) is 5.02 Å². The Morgan fingerprint density at radius 3 is 2.94 bits per heavy atom. The Kier molecular flexibility index (Phi) is 3.26. The number of para-hydroxylation sites is 1. The van der Waals surface area contributed by atoms with E-state index in [0.29, 0.717) is 23.2 Å². The molecule has 3 nitrogen and oxygen atoms in total. The topological polar surface area (TPSA) is 49.5 Å². The first-order valence-electron chi connectivity index (χ1n) is 5.56. The molecule has 2 unspecified atom stereocenters. The Balaban J connectivity index is 2.22. The summed E-state index contributed by atoms with van der Waals surface area (Å²) in [7, 11) is 0. The minimum Gasteiger partial charge on any atom is -0.396 e. The van der Waals surface area contributed by atoms with Crippen molar-refractivity contribution in [1.29, 1.82) is 0 Å². The van der Waals surface area contributed by atoms with Crippen LogP contribution in [-0.2, 0) is 0 Å². The summed E-state index contributed by atoms with van der Waals surface area (Å²) in [6.45, 7) is 3.62. The second-order valence-electron chi connectivity index (χ2n) is 4.45. The molecule has 0 saturated carbocycles. The standard InChI is InChI=1S/C12H17ClN2O/c1-8-5-6-15(7-11(8)16)10-4-2-3-9(13)12(10)14/h2-4,8,11,16H,5-7,14H2,1H3. The van der Waals surface area contributed by atoms with Crippen molar-refractivity contribution >= 4 is 23.0 Å². The zero-order chi connectivity index (χ0) is 11.7. The number of hydrogen-bond donors (Lipinski definition) is 2. The molecule has 0 aromatic heterocycles. The van der Waals surface area contributed by atoms with Crippen molar-refractivity contribution in [2.45, 2.75) is 19.4 Å². The Morgan fingerprint density at radius 2 is 2.25 bits per heavy atom. The summed E-state index contributed by atoms with van der Waals surface area (Å²) < 4.78 is 0. The van der Waals surface area contributed by atoms with Crippen molar-refractivity contribution in [3.8, 4) is 0 Å². The highest BCUT2D eigenvalue weighted by Crippen LogP contribution is 2.32. The molecule has 0 amide bonds. The van der Waals surface area contributed by atoms with E-state index >= 15 is 0 Å². The Morgan fingerprint density at radius 1 is 1.50 bits per heavy atom. The second kappa shape index (κ2) is 4.52. The van der Waals surface area contributed by atoms with Crippen LogP contribution in [0.3, 0.4) is 0 Å². The van der Waals surface area contributed by atoms with Gasteiger partial charge in [-0.3, -0.25) is 0 Å². The van der Waals surface area contributed by atoms with E-state index in [1.807, 2.05) is 12.1 Å². The van der Waals surface area contributed by atoms with Crippen LogP contribution in [-0.4, -0.2) is 24.3 Å². The molecular weight excluding hydrogens is 224 g/mol.